The fourth-order valence-corrected chi connectivity index (χ4v) is 3.07. The highest BCUT2D eigenvalue weighted by atomic mass is 16.1. The van der Waals surface area contributed by atoms with Gasteiger partial charge in [0.25, 0.3) is 0 Å². The number of hydrogen-bond donors (Lipinski definition) is 3. The van der Waals surface area contributed by atoms with Gasteiger partial charge >= 0.3 is 0 Å². The number of carbonyl (C=O) groups is 1. The van der Waals surface area contributed by atoms with Gasteiger partial charge in [-0.05, 0) is 29.2 Å². The van der Waals surface area contributed by atoms with E-state index in [-0.39, 0.29) is 12.5 Å². The van der Waals surface area contributed by atoms with Crippen LogP contribution in [0.1, 0.15) is 16.7 Å². The second kappa shape index (κ2) is 11.4. The number of nitrogens with zero attached hydrogens (tertiary/aromatic N) is 3. The summed E-state index contributed by atoms with van der Waals surface area (Å²) in [6.45, 7) is 2.09. The van der Waals surface area contributed by atoms with Crippen LogP contribution in [0.15, 0.2) is 78.0 Å². The number of benzene rings is 2. The van der Waals surface area contributed by atoms with E-state index in [0.717, 1.165) is 12.0 Å². The smallest absolute Gasteiger partial charge is 0.239 e. The molecule has 7 heteroatoms. The molecule has 0 radical (unpaired) electrons. The molecule has 0 saturated heterocycles. The zero-order chi connectivity index (χ0) is 21.0. The summed E-state index contributed by atoms with van der Waals surface area (Å²) < 4.78 is 1.89. The molecule has 30 heavy (non-hydrogen) atoms. The Labute approximate surface area is 177 Å². The lowest BCUT2D eigenvalue weighted by Crippen LogP contribution is -2.43. The maximum atomic E-state index is 12.1. The molecule has 0 aliphatic rings. The molecule has 7 nitrogen and oxygen atoms in total. The summed E-state index contributed by atoms with van der Waals surface area (Å²) in [6.07, 6.45) is 4.53. The molecule has 0 spiro atoms. The van der Waals surface area contributed by atoms with Gasteiger partial charge in [-0.2, -0.15) is 5.10 Å². The van der Waals surface area contributed by atoms with E-state index >= 15 is 0 Å². The summed E-state index contributed by atoms with van der Waals surface area (Å²) in [6, 6.07) is 20.2. The summed E-state index contributed by atoms with van der Waals surface area (Å²) in [7, 11) is 1.69. The van der Waals surface area contributed by atoms with E-state index in [0.29, 0.717) is 25.6 Å². The van der Waals surface area contributed by atoms with E-state index in [2.05, 4.69) is 50.3 Å². The highest BCUT2D eigenvalue weighted by Gasteiger charge is 2.06. The Morgan fingerprint density at radius 2 is 1.73 bits per heavy atom. The first-order valence-corrected chi connectivity index (χ1v) is 10.0. The number of aromatic nitrogens is 2. The van der Waals surface area contributed by atoms with Crippen LogP contribution in [0.25, 0.3) is 0 Å². The summed E-state index contributed by atoms with van der Waals surface area (Å²) in [5, 5.41) is 13.5. The molecule has 0 atom stereocenters. The Kier molecular flexibility index (Phi) is 8.02. The van der Waals surface area contributed by atoms with Crippen LogP contribution in [0.5, 0.6) is 0 Å². The zero-order valence-electron chi connectivity index (χ0n) is 17.2. The lowest BCUT2D eigenvalue weighted by atomic mass is 10.1. The fraction of sp³-hybridized carbons (Fsp3) is 0.261. The molecule has 0 saturated carbocycles. The molecular weight excluding hydrogens is 376 g/mol. The van der Waals surface area contributed by atoms with Crippen molar-refractivity contribution in [3.8, 4) is 0 Å². The minimum atomic E-state index is -0.0621. The van der Waals surface area contributed by atoms with Gasteiger partial charge in [0.05, 0.1) is 13.1 Å². The molecule has 3 rings (SSSR count). The summed E-state index contributed by atoms with van der Waals surface area (Å²) in [5.74, 6) is 0.523. The van der Waals surface area contributed by atoms with Crippen molar-refractivity contribution >= 4 is 11.9 Å². The molecular formula is C23H28N6O. The molecule has 0 unspecified atom stereocenters. The minimum absolute atomic E-state index is 0.0621. The number of amides is 1. The predicted molar refractivity (Wildman–Crippen MR) is 119 cm³/mol. The van der Waals surface area contributed by atoms with Crippen molar-refractivity contribution in [3.63, 3.8) is 0 Å². The van der Waals surface area contributed by atoms with Crippen LogP contribution in [-0.4, -0.2) is 41.8 Å². The van der Waals surface area contributed by atoms with E-state index < -0.39 is 0 Å². The summed E-state index contributed by atoms with van der Waals surface area (Å²) in [4.78, 5) is 16.3. The molecule has 3 N–H and O–H groups in total. The Morgan fingerprint density at radius 1 is 0.967 bits per heavy atom. The van der Waals surface area contributed by atoms with Crippen molar-refractivity contribution < 1.29 is 4.79 Å². The van der Waals surface area contributed by atoms with E-state index in [4.69, 9.17) is 0 Å². The van der Waals surface area contributed by atoms with Crippen molar-refractivity contribution in [2.45, 2.75) is 19.5 Å². The van der Waals surface area contributed by atoms with Crippen molar-refractivity contribution in [1.82, 2.24) is 25.7 Å². The van der Waals surface area contributed by atoms with Gasteiger partial charge in [-0.1, -0.05) is 54.6 Å². The lowest BCUT2D eigenvalue weighted by Gasteiger charge is -2.14. The third-order valence-corrected chi connectivity index (χ3v) is 4.67. The van der Waals surface area contributed by atoms with Crippen LogP contribution in [-0.2, 0) is 24.3 Å². The average Bonchev–Trinajstić information content (AvgIpc) is 3.29. The molecule has 1 aromatic heterocycles. The SMILES string of the molecule is CN=C(NCC(=O)NCCc1ccccc1)NCc1ccccc1Cn1cccn1. The monoisotopic (exact) mass is 404 g/mol. The van der Waals surface area contributed by atoms with Gasteiger partial charge in [0.1, 0.15) is 0 Å². The van der Waals surface area contributed by atoms with Crippen LogP contribution in [0.2, 0.25) is 0 Å². The van der Waals surface area contributed by atoms with Gasteiger partial charge in [-0.15, -0.1) is 0 Å². The number of guanidine groups is 1. The Bertz CT molecular complexity index is 937. The predicted octanol–water partition coefficient (Wildman–Crippen LogP) is 1.96. The number of hydrogen-bond acceptors (Lipinski definition) is 3. The third-order valence-electron chi connectivity index (χ3n) is 4.67. The molecule has 0 aliphatic carbocycles. The molecule has 0 aliphatic heterocycles. The number of aliphatic imine (C=N–C) groups is 1. The summed E-state index contributed by atoms with van der Waals surface area (Å²) >= 11 is 0. The second-order valence-corrected chi connectivity index (χ2v) is 6.84. The maximum absolute atomic E-state index is 12.1. The van der Waals surface area contributed by atoms with Gasteiger partial charge in [-0.25, -0.2) is 0 Å². The minimum Gasteiger partial charge on any atom is -0.354 e. The summed E-state index contributed by atoms with van der Waals surface area (Å²) in [5.41, 5.74) is 3.54. The van der Waals surface area contributed by atoms with E-state index in [1.54, 1.807) is 13.2 Å². The highest BCUT2D eigenvalue weighted by molar-refractivity contribution is 5.86. The maximum Gasteiger partial charge on any atom is 0.239 e. The highest BCUT2D eigenvalue weighted by Crippen LogP contribution is 2.10. The third kappa shape index (κ3) is 6.77. The Balaban J connectivity index is 1.42. The van der Waals surface area contributed by atoms with Crippen molar-refractivity contribution in [3.05, 3.63) is 89.7 Å². The van der Waals surface area contributed by atoms with Crippen LogP contribution in [0.3, 0.4) is 0 Å². The fourth-order valence-electron chi connectivity index (χ4n) is 3.07. The first kappa shape index (κ1) is 21.1. The van der Waals surface area contributed by atoms with Crippen molar-refractivity contribution in [2.75, 3.05) is 20.1 Å². The molecule has 2 aromatic carbocycles. The molecule has 156 valence electrons. The van der Waals surface area contributed by atoms with Gasteiger partial charge in [0.2, 0.25) is 5.91 Å². The molecule has 3 aromatic rings. The number of rotatable bonds is 9. The quantitative estimate of drug-likeness (QED) is 0.376. The largest absolute Gasteiger partial charge is 0.354 e. The lowest BCUT2D eigenvalue weighted by molar-refractivity contribution is -0.119. The molecule has 1 amide bonds. The van der Waals surface area contributed by atoms with E-state index in [1.807, 2.05) is 47.3 Å². The van der Waals surface area contributed by atoms with Gasteiger partial charge in [0.15, 0.2) is 5.96 Å². The first-order chi connectivity index (χ1) is 14.7. The van der Waals surface area contributed by atoms with Gasteiger partial charge in [-0.3, -0.25) is 14.5 Å². The Hall–Kier alpha value is -3.61. The van der Waals surface area contributed by atoms with Gasteiger partial charge in [0, 0.05) is 32.5 Å². The molecule has 0 bridgehead atoms. The average molecular weight is 405 g/mol. The van der Waals surface area contributed by atoms with E-state index in [9.17, 15) is 4.79 Å². The first-order valence-electron chi connectivity index (χ1n) is 10.0. The van der Waals surface area contributed by atoms with Crippen LogP contribution in [0, 0.1) is 0 Å². The van der Waals surface area contributed by atoms with Gasteiger partial charge < -0.3 is 16.0 Å². The van der Waals surface area contributed by atoms with Crippen LogP contribution < -0.4 is 16.0 Å². The molecule has 1 heterocycles. The van der Waals surface area contributed by atoms with E-state index in [1.165, 1.54) is 11.1 Å². The van der Waals surface area contributed by atoms with Crippen LogP contribution in [0.4, 0.5) is 0 Å². The Morgan fingerprint density at radius 3 is 2.47 bits per heavy atom. The zero-order valence-corrected chi connectivity index (χ0v) is 17.2. The number of nitrogens with one attached hydrogen (secondary N) is 3. The number of carbonyl (C=O) groups excluding carboxylic acids is 1. The van der Waals surface area contributed by atoms with Crippen molar-refractivity contribution in [2.24, 2.45) is 4.99 Å². The van der Waals surface area contributed by atoms with Crippen molar-refractivity contribution in [1.29, 1.82) is 0 Å². The topological polar surface area (TPSA) is 83.3 Å². The van der Waals surface area contributed by atoms with Crippen LogP contribution >= 0.6 is 0 Å². The standard InChI is InChI=1S/C23H28N6O/c1-24-23(27-17-22(30)25-14-12-19-8-3-2-4-9-19)26-16-20-10-5-6-11-21(20)18-29-15-7-13-28-29/h2-11,13,15H,12,14,16-18H2,1H3,(H,25,30)(H2,24,26,27). The molecule has 0 fully saturated rings. The second-order valence-electron chi connectivity index (χ2n) is 6.84. The normalized spacial score (nSPS) is 11.2.